The molecule has 0 saturated carbocycles. The third-order valence-electron chi connectivity index (χ3n) is 3.88. The fourth-order valence-corrected chi connectivity index (χ4v) is 2.60. The van der Waals surface area contributed by atoms with E-state index >= 15 is 0 Å². The molecule has 1 aromatic heterocycles. The van der Waals surface area contributed by atoms with E-state index in [4.69, 9.17) is 9.47 Å². The highest BCUT2D eigenvalue weighted by Gasteiger charge is 2.29. The molecular formula is C16H25N3O3. The molecule has 1 fully saturated rings. The van der Waals surface area contributed by atoms with Gasteiger partial charge < -0.3 is 14.8 Å². The summed E-state index contributed by atoms with van der Waals surface area (Å²) in [6.07, 6.45) is 4.49. The number of amides is 1. The van der Waals surface area contributed by atoms with Crippen molar-refractivity contribution >= 4 is 5.91 Å². The average Bonchev–Trinajstić information content (AvgIpc) is 2.93. The lowest BCUT2D eigenvalue weighted by Crippen LogP contribution is -2.45. The summed E-state index contributed by atoms with van der Waals surface area (Å²) in [5.41, 5.74) is 1.22. The molecule has 6 heteroatoms. The lowest BCUT2D eigenvalue weighted by Gasteiger charge is -2.21. The van der Waals surface area contributed by atoms with Gasteiger partial charge in [0.05, 0.1) is 32.4 Å². The van der Waals surface area contributed by atoms with E-state index in [1.165, 1.54) is 5.56 Å². The van der Waals surface area contributed by atoms with E-state index in [2.05, 4.69) is 10.3 Å². The summed E-state index contributed by atoms with van der Waals surface area (Å²) in [6.45, 7) is 3.02. The zero-order chi connectivity index (χ0) is 15.8. The van der Waals surface area contributed by atoms with Gasteiger partial charge in [-0.3, -0.25) is 14.7 Å². The highest BCUT2D eigenvalue weighted by Crippen LogP contribution is 2.18. The maximum Gasteiger partial charge on any atom is 0.234 e. The molecule has 2 atom stereocenters. The summed E-state index contributed by atoms with van der Waals surface area (Å²) in [4.78, 5) is 18.1. The van der Waals surface area contributed by atoms with Crippen molar-refractivity contribution in [1.29, 1.82) is 0 Å². The van der Waals surface area contributed by atoms with Gasteiger partial charge in [-0.05, 0) is 31.2 Å². The van der Waals surface area contributed by atoms with Gasteiger partial charge in [0.1, 0.15) is 0 Å². The largest absolute Gasteiger partial charge is 0.383 e. The van der Waals surface area contributed by atoms with Gasteiger partial charge in [0.2, 0.25) is 5.91 Å². The summed E-state index contributed by atoms with van der Waals surface area (Å²) in [5, 5.41) is 3.09. The molecule has 2 rings (SSSR count). The van der Waals surface area contributed by atoms with Crippen molar-refractivity contribution in [2.45, 2.75) is 12.5 Å². The van der Waals surface area contributed by atoms with Crippen LogP contribution in [0.2, 0.25) is 0 Å². The Bertz CT molecular complexity index is 455. The molecule has 1 amide bonds. The summed E-state index contributed by atoms with van der Waals surface area (Å²) < 4.78 is 10.6. The monoisotopic (exact) mass is 307 g/mol. The first-order chi connectivity index (χ1) is 10.7. The van der Waals surface area contributed by atoms with E-state index in [1.807, 2.05) is 24.1 Å². The summed E-state index contributed by atoms with van der Waals surface area (Å²) in [5.74, 6) is 0.351. The predicted molar refractivity (Wildman–Crippen MR) is 83.6 cm³/mol. The van der Waals surface area contributed by atoms with E-state index in [9.17, 15) is 4.79 Å². The molecule has 1 aliphatic rings. The first-order valence-electron chi connectivity index (χ1n) is 7.62. The highest BCUT2D eigenvalue weighted by molar-refractivity contribution is 5.78. The van der Waals surface area contributed by atoms with Crippen molar-refractivity contribution in [3.05, 3.63) is 30.1 Å². The molecule has 2 heterocycles. The van der Waals surface area contributed by atoms with Gasteiger partial charge in [-0.2, -0.15) is 0 Å². The first-order valence-corrected chi connectivity index (χ1v) is 7.62. The average molecular weight is 307 g/mol. The molecule has 0 spiro atoms. The van der Waals surface area contributed by atoms with E-state index in [1.54, 1.807) is 19.5 Å². The van der Waals surface area contributed by atoms with Crippen LogP contribution in [-0.4, -0.2) is 68.9 Å². The van der Waals surface area contributed by atoms with Crippen molar-refractivity contribution < 1.29 is 14.3 Å². The van der Waals surface area contributed by atoms with Crippen LogP contribution in [0.25, 0.3) is 0 Å². The molecule has 22 heavy (non-hydrogen) atoms. The number of hydrogen-bond acceptors (Lipinski definition) is 5. The second-order valence-electron chi connectivity index (χ2n) is 5.76. The van der Waals surface area contributed by atoms with E-state index < -0.39 is 0 Å². The molecule has 1 saturated heterocycles. The fraction of sp³-hybridized carbons (Fsp3) is 0.625. The topological polar surface area (TPSA) is 63.7 Å². The second-order valence-corrected chi connectivity index (χ2v) is 5.76. The highest BCUT2D eigenvalue weighted by atomic mass is 16.5. The van der Waals surface area contributed by atoms with Crippen molar-refractivity contribution in [3.63, 3.8) is 0 Å². The SMILES string of the molecule is COCCN(C)CC(=O)N[C@@H]1COC[C@H]1Cc1ccncc1. The lowest BCUT2D eigenvalue weighted by molar-refractivity contribution is -0.123. The van der Waals surface area contributed by atoms with Gasteiger partial charge in [0.15, 0.2) is 0 Å². The molecule has 122 valence electrons. The number of carbonyl (C=O) groups is 1. The van der Waals surface area contributed by atoms with E-state index in [0.29, 0.717) is 32.3 Å². The molecule has 1 aromatic rings. The van der Waals surface area contributed by atoms with Crippen molar-refractivity contribution in [3.8, 4) is 0 Å². The Hall–Kier alpha value is -1.50. The summed E-state index contributed by atoms with van der Waals surface area (Å²) in [6, 6.07) is 4.10. The van der Waals surface area contributed by atoms with E-state index in [-0.39, 0.29) is 11.9 Å². The maximum absolute atomic E-state index is 12.1. The minimum Gasteiger partial charge on any atom is -0.383 e. The zero-order valence-corrected chi connectivity index (χ0v) is 13.3. The Morgan fingerprint density at radius 2 is 2.23 bits per heavy atom. The number of hydrogen-bond donors (Lipinski definition) is 1. The van der Waals surface area contributed by atoms with E-state index in [0.717, 1.165) is 13.0 Å². The summed E-state index contributed by atoms with van der Waals surface area (Å²) >= 11 is 0. The minimum atomic E-state index is 0.0360. The molecular weight excluding hydrogens is 282 g/mol. The Morgan fingerprint density at radius 3 is 2.95 bits per heavy atom. The lowest BCUT2D eigenvalue weighted by atomic mass is 9.95. The number of likely N-dealkylation sites (N-methyl/N-ethyl adjacent to an activating group) is 1. The third-order valence-corrected chi connectivity index (χ3v) is 3.88. The minimum absolute atomic E-state index is 0.0360. The smallest absolute Gasteiger partial charge is 0.234 e. The van der Waals surface area contributed by atoms with Crippen LogP contribution in [0.4, 0.5) is 0 Å². The first kappa shape index (κ1) is 16.9. The second kappa shape index (κ2) is 8.82. The normalized spacial score (nSPS) is 21.2. The van der Waals surface area contributed by atoms with Crippen LogP contribution in [0.5, 0.6) is 0 Å². The number of methoxy groups -OCH3 is 1. The Balaban J connectivity index is 1.79. The van der Waals surface area contributed by atoms with Crippen molar-refractivity contribution in [2.75, 3.05) is 47.1 Å². The van der Waals surface area contributed by atoms with Crippen LogP contribution < -0.4 is 5.32 Å². The molecule has 0 bridgehead atoms. The molecule has 6 nitrogen and oxygen atoms in total. The number of rotatable bonds is 8. The molecule has 0 aromatic carbocycles. The van der Waals surface area contributed by atoms with Gasteiger partial charge in [0, 0.05) is 32.0 Å². The van der Waals surface area contributed by atoms with Gasteiger partial charge in [0.25, 0.3) is 0 Å². The van der Waals surface area contributed by atoms with Crippen LogP contribution in [0.1, 0.15) is 5.56 Å². The number of nitrogens with zero attached hydrogens (tertiary/aromatic N) is 2. The number of pyridine rings is 1. The fourth-order valence-electron chi connectivity index (χ4n) is 2.60. The van der Waals surface area contributed by atoms with Crippen LogP contribution in [0, 0.1) is 5.92 Å². The van der Waals surface area contributed by atoms with Gasteiger partial charge in [-0.1, -0.05) is 0 Å². The van der Waals surface area contributed by atoms with Crippen molar-refractivity contribution in [1.82, 2.24) is 15.2 Å². The van der Waals surface area contributed by atoms with Crippen LogP contribution >= 0.6 is 0 Å². The zero-order valence-electron chi connectivity index (χ0n) is 13.3. The Morgan fingerprint density at radius 1 is 1.45 bits per heavy atom. The Kier molecular flexibility index (Phi) is 6.76. The molecule has 0 aliphatic carbocycles. The molecule has 1 aliphatic heterocycles. The number of carbonyl (C=O) groups excluding carboxylic acids is 1. The predicted octanol–water partition coefficient (Wildman–Crippen LogP) is 0.334. The summed E-state index contributed by atoms with van der Waals surface area (Å²) in [7, 11) is 3.58. The standard InChI is InChI=1S/C16H25N3O3/c1-19(7-8-21-2)10-16(20)18-15-12-22-11-14(15)9-13-3-5-17-6-4-13/h3-6,14-15H,7-12H2,1-2H3,(H,18,20)/t14-,15-/m1/s1. The van der Waals surface area contributed by atoms with Crippen LogP contribution in [0.3, 0.4) is 0 Å². The van der Waals surface area contributed by atoms with Crippen LogP contribution in [-0.2, 0) is 20.7 Å². The maximum atomic E-state index is 12.1. The van der Waals surface area contributed by atoms with Gasteiger partial charge in [-0.25, -0.2) is 0 Å². The quantitative estimate of drug-likeness (QED) is 0.750. The van der Waals surface area contributed by atoms with Crippen LogP contribution in [0.15, 0.2) is 24.5 Å². The van der Waals surface area contributed by atoms with Gasteiger partial charge in [-0.15, -0.1) is 0 Å². The molecule has 0 unspecified atom stereocenters. The molecule has 0 radical (unpaired) electrons. The Labute approximate surface area is 131 Å². The molecule has 1 N–H and O–H groups in total. The van der Waals surface area contributed by atoms with Crippen molar-refractivity contribution in [2.24, 2.45) is 5.92 Å². The number of nitrogens with one attached hydrogen (secondary N) is 1. The third kappa shape index (κ3) is 5.36. The number of aromatic nitrogens is 1. The number of ether oxygens (including phenoxy) is 2. The van der Waals surface area contributed by atoms with Gasteiger partial charge >= 0.3 is 0 Å².